The van der Waals surface area contributed by atoms with E-state index < -0.39 is 0 Å². The standard InChI is InChI=1S/C16H24N4O/c1-10(2)20-8-11(3)15(9-20)19-16(21)14-7-17-13(6-18-14)12-4-5-12/h6-7,10-12,15H,4-5,8-9H2,1-3H3,(H,19,21)/t11-,15+/m0/s1. The number of aromatic nitrogens is 2. The Morgan fingerprint density at radius 3 is 2.57 bits per heavy atom. The molecule has 21 heavy (non-hydrogen) atoms. The molecule has 3 rings (SSSR count). The molecular weight excluding hydrogens is 264 g/mol. The number of nitrogens with zero attached hydrogens (tertiary/aromatic N) is 3. The zero-order valence-corrected chi connectivity index (χ0v) is 13.0. The lowest BCUT2D eigenvalue weighted by Crippen LogP contribution is -2.40. The molecule has 0 spiro atoms. The lowest BCUT2D eigenvalue weighted by atomic mass is 10.1. The highest BCUT2D eigenvalue weighted by molar-refractivity contribution is 5.92. The molecule has 0 unspecified atom stereocenters. The highest BCUT2D eigenvalue weighted by Gasteiger charge is 2.32. The molecule has 0 aromatic carbocycles. The van der Waals surface area contributed by atoms with Crippen molar-refractivity contribution in [2.45, 2.75) is 51.6 Å². The van der Waals surface area contributed by atoms with Crippen molar-refractivity contribution in [1.82, 2.24) is 20.2 Å². The zero-order chi connectivity index (χ0) is 15.0. The van der Waals surface area contributed by atoms with Crippen LogP contribution in [0, 0.1) is 5.92 Å². The summed E-state index contributed by atoms with van der Waals surface area (Å²) in [4.78, 5) is 23.3. The van der Waals surface area contributed by atoms with Gasteiger partial charge in [-0.15, -0.1) is 0 Å². The first-order valence-electron chi connectivity index (χ1n) is 7.91. The minimum Gasteiger partial charge on any atom is -0.346 e. The fourth-order valence-electron chi connectivity index (χ4n) is 2.90. The normalized spacial score (nSPS) is 26.3. The Labute approximate surface area is 126 Å². The monoisotopic (exact) mass is 288 g/mol. The molecule has 2 atom stereocenters. The first-order chi connectivity index (χ1) is 10.0. The molecular formula is C16H24N4O. The highest BCUT2D eigenvalue weighted by Crippen LogP contribution is 2.38. The van der Waals surface area contributed by atoms with Crippen molar-refractivity contribution in [3.8, 4) is 0 Å². The van der Waals surface area contributed by atoms with E-state index in [2.05, 4.69) is 41.0 Å². The van der Waals surface area contributed by atoms with Crippen molar-refractivity contribution in [2.75, 3.05) is 13.1 Å². The molecule has 2 aliphatic rings. The van der Waals surface area contributed by atoms with Crippen LogP contribution in [0.3, 0.4) is 0 Å². The third kappa shape index (κ3) is 3.23. The van der Waals surface area contributed by atoms with Crippen molar-refractivity contribution < 1.29 is 4.79 Å². The van der Waals surface area contributed by atoms with E-state index in [4.69, 9.17) is 0 Å². The highest BCUT2D eigenvalue weighted by atomic mass is 16.2. The summed E-state index contributed by atoms with van der Waals surface area (Å²) >= 11 is 0. The lowest BCUT2D eigenvalue weighted by molar-refractivity contribution is 0.0925. The molecule has 1 aliphatic carbocycles. The van der Waals surface area contributed by atoms with Gasteiger partial charge in [0.2, 0.25) is 0 Å². The summed E-state index contributed by atoms with van der Waals surface area (Å²) in [6.07, 6.45) is 5.77. The van der Waals surface area contributed by atoms with Crippen molar-refractivity contribution in [1.29, 1.82) is 0 Å². The summed E-state index contributed by atoms with van der Waals surface area (Å²) in [6, 6.07) is 0.719. The number of likely N-dealkylation sites (tertiary alicyclic amines) is 1. The number of nitrogens with one attached hydrogen (secondary N) is 1. The van der Waals surface area contributed by atoms with Gasteiger partial charge in [0.15, 0.2) is 0 Å². The predicted molar refractivity (Wildman–Crippen MR) is 81.1 cm³/mol. The van der Waals surface area contributed by atoms with Gasteiger partial charge in [-0.1, -0.05) is 6.92 Å². The van der Waals surface area contributed by atoms with Gasteiger partial charge < -0.3 is 5.32 Å². The Bertz CT molecular complexity index is 510. The Hall–Kier alpha value is -1.49. The molecule has 1 N–H and O–H groups in total. The molecule has 5 heteroatoms. The summed E-state index contributed by atoms with van der Waals surface area (Å²) in [5.41, 5.74) is 1.45. The molecule has 0 radical (unpaired) electrons. The number of carbonyl (C=O) groups is 1. The summed E-state index contributed by atoms with van der Waals surface area (Å²) in [5, 5.41) is 3.11. The second-order valence-corrected chi connectivity index (χ2v) is 6.71. The minimum absolute atomic E-state index is 0.104. The van der Waals surface area contributed by atoms with E-state index in [1.165, 1.54) is 12.8 Å². The largest absolute Gasteiger partial charge is 0.346 e. The van der Waals surface area contributed by atoms with Crippen molar-refractivity contribution in [2.24, 2.45) is 5.92 Å². The first-order valence-corrected chi connectivity index (χ1v) is 7.91. The average molecular weight is 288 g/mol. The Morgan fingerprint density at radius 2 is 2.05 bits per heavy atom. The molecule has 2 heterocycles. The van der Waals surface area contributed by atoms with Crippen molar-refractivity contribution >= 4 is 5.91 Å². The van der Waals surface area contributed by atoms with Crippen LogP contribution < -0.4 is 5.32 Å². The number of carbonyl (C=O) groups excluding carboxylic acids is 1. The fraction of sp³-hybridized carbons (Fsp3) is 0.688. The van der Waals surface area contributed by atoms with E-state index in [0.29, 0.717) is 23.6 Å². The van der Waals surface area contributed by atoms with E-state index >= 15 is 0 Å². The van der Waals surface area contributed by atoms with Gasteiger partial charge in [0, 0.05) is 37.3 Å². The number of hydrogen-bond donors (Lipinski definition) is 1. The number of hydrogen-bond acceptors (Lipinski definition) is 4. The van der Waals surface area contributed by atoms with Gasteiger partial charge in [-0.05, 0) is 32.6 Å². The van der Waals surface area contributed by atoms with Crippen LogP contribution in [-0.4, -0.2) is 45.9 Å². The summed E-state index contributed by atoms with van der Waals surface area (Å²) in [7, 11) is 0. The predicted octanol–water partition coefficient (Wildman–Crippen LogP) is 1.81. The van der Waals surface area contributed by atoms with Gasteiger partial charge in [0.05, 0.1) is 11.9 Å². The molecule has 2 fully saturated rings. The molecule has 0 bridgehead atoms. The van der Waals surface area contributed by atoms with Crippen LogP contribution in [0.25, 0.3) is 0 Å². The molecule has 1 aliphatic heterocycles. The molecule has 114 valence electrons. The average Bonchev–Trinajstić information content (AvgIpc) is 3.24. The smallest absolute Gasteiger partial charge is 0.271 e. The quantitative estimate of drug-likeness (QED) is 0.918. The second kappa shape index (κ2) is 5.72. The number of rotatable bonds is 4. The fourth-order valence-corrected chi connectivity index (χ4v) is 2.90. The number of amides is 1. The van der Waals surface area contributed by atoms with Crippen LogP contribution in [0.4, 0.5) is 0 Å². The van der Waals surface area contributed by atoms with E-state index in [0.717, 1.165) is 18.8 Å². The van der Waals surface area contributed by atoms with Crippen molar-refractivity contribution in [3.63, 3.8) is 0 Å². The van der Waals surface area contributed by atoms with E-state index in [9.17, 15) is 4.79 Å². The van der Waals surface area contributed by atoms with Gasteiger partial charge in [-0.25, -0.2) is 4.98 Å². The molecule has 1 aromatic rings. The van der Waals surface area contributed by atoms with Crippen LogP contribution in [-0.2, 0) is 0 Å². The van der Waals surface area contributed by atoms with Gasteiger partial charge in [0.25, 0.3) is 5.91 Å². The third-order valence-corrected chi connectivity index (χ3v) is 4.59. The Morgan fingerprint density at radius 1 is 1.29 bits per heavy atom. The lowest BCUT2D eigenvalue weighted by Gasteiger charge is -2.20. The van der Waals surface area contributed by atoms with Crippen LogP contribution in [0.5, 0.6) is 0 Å². The molecule has 1 saturated heterocycles. The van der Waals surface area contributed by atoms with Crippen LogP contribution in [0.1, 0.15) is 55.7 Å². The molecule has 1 amide bonds. The van der Waals surface area contributed by atoms with Gasteiger partial charge in [-0.2, -0.15) is 0 Å². The maximum atomic E-state index is 12.3. The van der Waals surface area contributed by atoms with Crippen LogP contribution in [0.2, 0.25) is 0 Å². The molecule has 5 nitrogen and oxygen atoms in total. The van der Waals surface area contributed by atoms with E-state index in [1.54, 1.807) is 12.4 Å². The van der Waals surface area contributed by atoms with Crippen LogP contribution >= 0.6 is 0 Å². The zero-order valence-electron chi connectivity index (χ0n) is 13.0. The topological polar surface area (TPSA) is 58.1 Å². The molecule has 1 saturated carbocycles. The van der Waals surface area contributed by atoms with E-state index in [1.807, 2.05) is 0 Å². The maximum absolute atomic E-state index is 12.3. The summed E-state index contributed by atoms with van der Waals surface area (Å²) in [5.74, 6) is 0.936. The summed E-state index contributed by atoms with van der Waals surface area (Å²) in [6.45, 7) is 8.53. The maximum Gasteiger partial charge on any atom is 0.271 e. The third-order valence-electron chi connectivity index (χ3n) is 4.59. The Kier molecular flexibility index (Phi) is 3.93. The van der Waals surface area contributed by atoms with Gasteiger partial charge >= 0.3 is 0 Å². The van der Waals surface area contributed by atoms with Gasteiger partial charge in [-0.3, -0.25) is 14.7 Å². The minimum atomic E-state index is -0.104. The van der Waals surface area contributed by atoms with E-state index in [-0.39, 0.29) is 11.9 Å². The second-order valence-electron chi connectivity index (χ2n) is 6.71. The SMILES string of the molecule is CC(C)N1C[C@H](C)[C@H](NC(=O)c2cnc(C3CC3)cn2)C1. The van der Waals surface area contributed by atoms with Gasteiger partial charge in [0.1, 0.15) is 5.69 Å². The molecule has 1 aromatic heterocycles. The first kappa shape index (κ1) is 14.4. The van der Waals surface area contributed by atoms with Crippen molar-refractivity contribution in [3.05, 3.63) is 23.8 Å². The van der Waals surface area contributed by atoms with Crippen LogP contribution in [0.15, 0.2) is 12.4 Å². The summed E-state index contributed by atoms with van der Waals surface area (Å²) < 4.78 is 0. The Balaban J connectivity index is 1.60.